The first-order valence-electron chi connectivity index (χ1n) is 11.3. The summed E-state index contributed by atoms with van der Waals surface area (Å²) in [5.41, 5.74) is 1.76. The predicted octanol–water partition coefficient (Wildman–Crippen LogP) is 6.44. The van der Waals surface area contributed by atoms with Crippen LogP contribution in [-0.2, 0) is 11.2 Å². The van der Waals surface area contributed by atoms with Gasteiger partial charge in [0.1, 0.15) is 22.6 Å². The molecule has 1 aliphatic carbocycles. The van der Waals surface area contributed by atoms with Gasteiger partial charge in [-0.05, 0) is 55.5 Å². The van der Waals surface area contributed by atoms with Gasteiger partial charge in [-0.25, -0.2) is 9.97 Å². The second-order valence-corrected chi connectivity index (χ2v) is 10.6. The van der Waals surface area contributed by atoms with Crippen molar-refractivity contribution in [3.63, 3.8) is 0 Å². The molecule has 2 unspecified atom stereocenters. The highest BCUT2D eigenvalue weighted by Crippen LogP contribution is 2.38. The summed E-state index contributed by atoms with van der Waals surface area (Å²) >= 11 is 8.25. The molecule has 0 bridgehead atoms. The Morgan fingerprint density at radius 2 is 1.79 bits per heavy atom. The molecule has 0 radical (unpaired) electrons. The van der Waals surface area contributed by atoms with Gasteiger partial charge in [-0.1, -0.05) is 40.0 Å². The number of halogens is 1. The van der Waals surface area contributed by atoms with E-state index in [1.165, 1.54) is 38.5 Å². The van der Waals surface area contributed by atoms with Crippen molar-refractivity contribution in [2.24, 2.45) is 11.8 Å². The molecule has 5 nitrogen and oxygen atoms in total. The molecule has 7 heteroatoms. The average Bonchev–Trinajstić information content (AvgIpc) is 3.07. The summed E-state index contributed by atoms with van der Waals surface area (Å²) in [5, 5.41) is 1.86. The van der Waals surface area contributed by atoms with Crippen molar-refractivity contribution in [2.45, 2.75) is 95.1 Å². The van der Waals surface area contributed by atoms with Gasteiger partial charge in [0.2, 0.25) is 5.28 Å². The standard InChI is InChI=1S/C22H33ClN4OS/c1-14(2)15(3)13-17-24-19-20(27(17)18-11-7-8-12-28-18)25-22(23)26-21(19)29-16-9-5-4-6-10-16/h14-16,18H,4-13H2,1-3H3. The molecule has 1 saturated carbocycles. The van der Waals surface area contributed by atoms with Crippen LogP contribution in [0.25, 0.3) is 11.2 Å². The Morgan fingerprint density at radius 1 is 1.03 bits per heavy atom. The second-order valence-electron chi connectivity index (χ2n) is 8.99. The van der Waals surface area contributed by atoms with E-state index in [2.05, 4.69) is 35.3 Å². The number of ether oxygens (including phenoxy) is 1. The van der Waals surface area contributed by atoms with Gasteiger partial charge >= 0.3 is 0 Å². The maximum absolute atomic E-state index is 6.40. The first-order valence-corrected chi connectivity index (χ1v) is 12.5. The molecule has 2 atom stereocenters. The van der Waals surface area contributed by atoms with Crippen LogP contribution in [0, 0.1) is 11.8 Å². The van der Waals surface area contributed by atoms with Gasteiger partial charge < -0.3 is 4.74 Å². The number of nitrogens with zero attached hydrogens (tertiary/aromatic N) is 4. The molecule has 2 aliphatic rings. The fourth-order valence-electron chi connectivity index (χ4n) is 4.29. The zero-order chi connectivity index (χ0) is 20.4. The van der Waals surface area contributed by atoms with Gasteiger partial charge in [-0.2, -0.15) is 4.98 Å². The monoisotopic (exact) mass is 436 g/mol. The van der Waals surface area contributed by atoms with Gasteiger partial charge in [0.25, 0.3) is 0 Å². The summed E-state index contributed by atoms with van der Waals surface area (Å²) < 4.78 is 8.38. The minimum Gasteiger partial charge on any atom is -0.358 e. The van der Waals surface area contributed by atoms with E-state index in [1.807, 2.05) is 11.8 Å². The third-order valence-electron chi connectivity index (χ3n) is 6.47. The lowest BCUT2D eigenvalue weighted by molar-refractivity contribution is -0.0316. The van der Waals surface area contributed by atoms with Crippen LogP contribution in [0.5, 0.6) is 0 Å². The Labute approximate surface area is 183 Å². The van der Waals surface area contributed by atoms with Gasteiger partial charge in [0.15, 0.2) is 5.65 Å². The van der Waals surface area contributed by atoms with Crippen LogP contribution in [0.3, 0.4) is 0 Å². The fraction of sp³-hybridized carbons (Fsp3) is 0.773. The Hall–Kier alpha value is -0.850. The van der Waals surface area contributed by atoms with Gasteiger partial charge in [0, 0.05) is 18.3 Å². The van der Waals surface area contributed by atoms with E-state index >= 15 is 0 Å². The van der Waals surface area contributed by atoms with Crippen LogP contribution in [0.2, 0.25) is 5.28 Å². The molecule has 2 aromatic heterocycles. The minimum atomic E-state index is 0.00149. The van der Waals surface area contributed by atoms with E-state index in [1.54, 1.807) is 0 Å². The highest BCUT2D eigenvalue weighted by atomic mass is 35.5. The SMILES string of the molecule is CC(C)C(C)Cc1nc2c(SC3CCCCC3)nc(Cl)nc2n1C1CCCCO1. The van der Waals surface area contributed by atoms with Crippen LogP contribution >= 0.6 is 23.4 Å². The van der Waals surface area contributed by atoms with Crippen LogP contribution < -0.4 is 0 Å². The maximum Gasteiger partial charge on any atom is 0.225 e. The molecule has 1 saturated heterocycles. The van der Waals surface area contributed by atoms with Crippen LogP contribution in [-0.4, -0.2) is 31.4 Å². The second kappa shape index (κ2) is 9.52. The number of thioether (sulfide) groups is 1. The van der Waals surface area contributed by atoms with E-state index in [0.29, 0.717) is 22.4 Å². The van der Waals surface area contributed by atoms with Crippen molar-refractivity contribution in [3.05, 3.63) is 11.1 Å². The Kier molecular flexibility index (Phi) is 7.02. The van der Waals surface area contributed by atoms with Gasteiger partial charge in [0.05, 0.1) is 0 Å². The number of fused-ring (bicyclic) bond motifs is 1. The van der Waals surface area contributed by atoms with Crippen molar-refractivity contribution in [2.75, 3.05) is 6.61 Å². The first-order chi connectivity index (χ1) is 14.0. The maximum atomic E-state index is 6.40. The van der Waals surface area contributed by atoms with E-state index < -0.39 is 0 Å². The number of hydrogen-bond donors (Lipinski definition) is 0. The van der Waals surface area contributed by atoms with Crippen molar-refractivity contribution in [3.8, 4) is 0 Å². The molecule has 0 spiro atoms. The molecule has 2 fully saturated rings. The van der Waals surface area contributed by atoms with Crippen LogP contribution in [0.1, 0.15) is 84.2 Å². The molecule has 3 heterocycles. The van der Waals surface area contributed by atoms with Crippen molar-refractivity contribution < 1.29 is 4.74 Å². The highest BCUT2D eigenvalue weighted by Gasteiger charge is 2.27. The molecular formula is C22H33ClN4OS. The van der Waals surface area contributed by atoms with E-state index in [9.17, 15) is 0 Å². The summed E-state index contributed by atoms with van der Waals surface area (Å²) in [6.07, 6.45) is 10.7. The Bertz CT molecular complexity index is 828. The summed E-state index contributed by atoms with van der Waals surface area (Å²) in [5.74, 6) is 2.20. The molecule has 29 heavy (non-hydrogen) atoms. The Balaban J connectivity index is 1.76. The van der Waals surface area contributed by atoms with E-state index in [-0.39, 0.29) is 6.23 Å². The lowest BCUT2D eigenvalue weighted by Crippen LogP contribution is -2.22. The number of imidazole rings is 1. The molecule has 2 aromatic rings. The number of rotatable bonds is 6. The third-order valence-corrected chi connectivity index (χ3v) is 7.95. The smallest absolute Gasteiger partial charge is 0.225 e. The lowest BCUT2D eigenvalue weighted by Gasteiger charge is -2.26. The Morgan fingerprint density at radius 3 is 2.48 bits per heavy atom. The first kappa shape index (κ1) is 21.4. The molecule has 0 N–H and O–H groups in total. The number of aromatic nitrogens is 4. The van der Waals surface area contributed by atoms with Gasteiger partial charge in [-0.15, -0.1) is 11.8 Å². The zero-order valence-electron chi connectivity index (χ0n) is 17.9. The molecule has 1 aliphatic heterocycles. The quantitative estimate of drug-likeness (QED) is 0.385. The summed E-state index contributed by atoms with van der Waals surface area (Å²) in [6.45, 7) is 7.64. The zero-order valence-corrected chi connectivity index (χ0v) is 19.4. The molecule has 160 valence electrons. The topological polar surface area (TPSA) is 52.8 Å². The summed E-state index contributed by atoms with van der Waals surface area (Å²) in [4.78, 5) is 14.3. The predicted molar refractivity (Wildman–Crippen MR) is 120 cm³/mol. The molecule has 0 amide bonds. The largest absolute Gasteiger partial charge is 0.358 e. The van der Waals surface area contributed by atoms with Crippen LogP contribution in [0.15, 0.2) is 5.03 Å². The molecular weight excluding hydrogens is 404 g/mol. The highest BCUT2D eigenvalue weighted by molar-refractivity contribution is 8.00. The molecule has 4 rings (SSSR count). The van der Waals surface area contributed by atoms with Crippen molar-refractivity contribution in [1.29, 1.82) is 0 Å². The van der Waals surface area contributed by atoms with Crippen molar-refractivity contribution in [1.82, 2.24) is 19.5 Å². The third kappa shape index (κ3) is 4.91. The molecule has 0 aromatic carbocycles. The summed E-state index contributed by atoms with van der Waals surface area (Å²) in [7, 11) is 0. The van der Waals surface area contributed by atoms with E-state index in [4.69, 9.17) is 21.3 Å². The summed E-state index contributed by atoms with van der Waals surface area (Å²) in [6, 6.07) is 0. The van der Waals surface area contributed by atoms with Crippen LogP contribution in [0.4, 0.5) is 0 Å². The van der Waals surface area contributed by atoms with Gasteiger partial charge in [-0.3, -0.25) is 4.57 Å². The normalized spacial score (nSPS) is 22.4. The minimum absolute atomic E-state index is 0.00149. The number of hydrogen-bond acceptors (Lipinski definition) is 5. The lowest BCUT2D eigenvalue weighted by atomic mass is 9.94. The fourth-order valence-corrected chi connectivity index (χ4v) is 5.78. The van der Waals surface area contributed by atoms with Crippen molar-refractivity contribution >= 4 is 34.5 Å². The average molecular weight is 437 g/mol. The van der Waals surface area contributed by atoms with E-state index in [0.717, 1.165) is 47.9 Å².